The second-order valence-electron chi connectivity index (χ2n) is 5.41. The van der Waals surface area contributed by atoms with Crippen molar-refractivity contribution in [1.29, 1.82) is 0 Å². The molecule has 20 heavy (non-hydrogen) atoms. The van der Waals surface area contributed by atoms with E-state index in [4.69, 9.17) is 0 Å². The topological polar surface area (TPSA) is 69.6 Å². The number of hydrogen-bond acceptors (Lipinski definition) is 4. The smallest absolute Gasteiger partial charge is 0.251 e. The highest BCUT2D eigenvalue weighted by atomic mass is 79.9. The molecule has 1 fully saturated rings. The summed E-state index contributed by atoms with van der Waals surface area (Å²) in [6, 6.07) is 5.39. The average molecular weight is 341 g/mol. The highest BCUT2D eigenvalue weighted by Crippen LogP contribution is 2.34. The first-order chi connectivity index (χ1) is 9.23. The van der Waals surface area contributed by atoms with Crippen LogP contribution < -0.4 is 10.2 Å². The van der Waals surface area contributed by atoms with Crippen LogP contribution in [0.3, 0.4) is 0 Å². The molecule has 0 spiro atoms. The molecule has 0 unspecified atom stereocenters. The molecule has 0 bridgehead atoms. The van der Waals surface area contributed by atoms with E-state index in [1.54, 1.807) is 43.9 Å². The molecule has 1 aliphatic heterocycles. The van der Waals surface area contributed by atoms with E-state index in [-0.39, 0.29) is 18.4 Å². The summed E-state index contributed by atoms with van der Waals surface area (Å²) in [5.74, 6) is -0.638. The quantitative estimate of drug-likeness (QED) is 0.804. The number of anilines is 1. The van der Waals surface area contributed by atoms with Crippen LogP contribution >= 0.6 is 15.9 Å². The van der Waals surface area contributed by atoms with Gasteiger partial charge in [-0.2, -0.15) is 0 Å². The van der Waals surface area contributed by atoms with Gasteiger partial charge in [0.25, 0.3) is 5.91 Å². The zero-order chi connectivity index (χ0) is 15.1. The van der Waals surface area contributed by atoms with Gasteiger partial charge in [0, 0.05) is 4.47 Å². The van der Waals surface area contributed by atoms with Crippen LogP contribution in [0, 0.1) is 0 Å². The van der Waals surface area contributed by atoms with E-state index in [1.165, 1.54) is 0 Å². The van der Waals surface area contributed by atoms with Crippen LogP contribution in [-0.4, -0.2) is 29.0 Å². The largest absolute Gasteiger partial charge is 0.389 e. The van der Waals surface area contributed by atoms with Crippen LogP contribution in [0.1, 0.15) is 32.4 Å². The molecule has 0 saturated carbocycles. The molecular formula is C14H17BrN2O3. The number of carbonyl (C=O) groups is 2. The van der Waals surface area contributed by atoms with E-state index >= 15 is 0 Å². The number of carbonyl (C=O) groups excluding carboxylic acids is 2. The number of halogens is 1. The van der Waals surface area contributed by atoms with Gasteiger partial charge in [0.2, 0.25) is 5.91 Å². The molecule has 2 amide bonds. The Morgan fingerprint density at radius 3 is 2.60 bits per heavy atom. The Kier molecular flexibility index (Phi) is 3.88. The molecule has 6 heteroatoms. The van der Waals surface area contributed by atoms with E-state index in [2.05, 4.69) is 21.2 Å². The number of piperazine rings is 1. The fourth-order valence-electron chi connectivity index (χ4n) is 2.17. The Morgan fingerprint density at radius 2 is 2.05 bits per heavy atom. The van der Waals surface area contributed by atoms with Crippen molar-refractivity contribution in [3.63, 3.8) is 0 Å². The van der Waals surface area contributed by atoms with E-state index in [9.17, 15) is 14.7 Å². The number of nitrogens with zero attached hydrogens (tertiary/aromatic N) is 1. The van der Waals surface area contributed by atoms with Crippen molar-refractivity contribution < 1.29 is 14.7 Å². The van der Waals surface area contributed by atoms with Crippen LogP contribution in [0.25, 0.3) is 0 Å². The average Bonchev–Trinajstić information content (AvgIpc) is 2.34. The summed E-state index contributed by atoms with van der Waals surface area (Å²) in [5, 5.41) is 11.9. The number of amides is 2. The van der Waals surface area contributed by atoms with Crippen molar-refractivity contribution in [2.75, 3.05) is 11.4 Å². The first-order valence-electron chi connectivity index (χ1n) is 6.33. The molecule has 0 radical (unpaired) electrons. The third kappa shape index (κ3) is 2.58. The highest BCUT2D eigenvalue weighted by Gasteiger charge is 2.41. The summed E-state index contributed by atoms with van der Waals surface area (Å²) >= 11 is 3.45. The van der Waals surface area contributed by atoms with Gasteiger partial charge in [0.1, 0.15) is 5.54 Å². The van der Waals surface area contributed by atoms with Crippen LogP contribution in [-0.2, 0) is 9.59 Å². The van der Waals surface area contributed by atoms with Gasteiger partial charge in [0.15, 0.2) is 0 Å². The summed E-state index contributed by atoms with van der Waals surface area (Å²) in [6.45, 7) is 5.34. The van der Waals surface area contributed by atoms with Crippen LogP contribution in [0.4, 0.5) is 5.69 Å². The maximum atomic E-state index is 12.0. The van der Waals surface area contributed by atoms with Crippen molar-refractivity contribution in [2.45, 2.75) is 32.4 Å². The van der Waals surface area contributed by atoms with Crippen molar-refractivity contribution in [2.24, 2.45) is 0 Å². The molecule has 108 valence electrons. The lowest BCUT2D eigenvalue weighted by molar-refractivity contribution is -0.135. The first-order valence-corrected chi connectivity index (χ1v) is 7.12. The number of aliphatic hydroxyl groups excluding tert-OH is 1. The molecule has 1 atom stereocenters. The summed E-state index contributed by atoms with van der Waals surface area (Å²) in [4.78, 5) is 25.3. The third-order valence-electron chi connectivity index (χ3n) is 3.53. The minimum Gasteiger partial charge on any atom is -0.389 e. The summed E-state index contributed by atoms with van der Waals surface area (Å²) < 4.78 is 0.742. The summed E-state index contributed by atoms with van der Waals surface area (Å²) in [6.07, 6.45) is -0.570. The molecule has 1 aliphatic rings. The molecule has 1 heterocycles. The van der Waals surface area contributed by atoms with Gasteiger partial charge >= 0.3 is 0 Å². The van der Waals surface area contributed by atoms with Crippen LogP contribution in [0.5, 0.6) is 0 Å². The lowest BCUT2D eigenvalue weighted by Gasteiger charge is -2.42. The standard InChI is InChI=1S/C14H17BrN2O3/c1-8(18)9-4-5-11(10(15)6-9)17-7-12(19)16-13(20)14(17,2)3/h4-6,8,18H,7H2,1-3H3,(H,16,19,20)/t8-/m0/s1. The lowest BCUT2D eigenvalue weighted by Crippen LogP contribution is -2.64. The zero-order valence-electron chi connectivity index (χ0n) is 11.6. The fourth-order valence-corrected chi connectivity index (χ4v) is 2.78. The summed E-state index contributed by atoms with van der Waals surface area (Å²) in [7, 11) is 0. The van der Waals surface area contributed by atoms with Gasteiger partial charge in [-0.1, -0.05) is 6.07 Å². The summed E-state index contributed by atoms with van der Waals surface area (Å²) in [5.41, 5.74) is 0.705. The molecule has 5 nitrogen and oxygen atoms in total. The highest BCUT2D eigenvalue weighted by molar-refractivity contribution is 9.10. The Bertz CT molecular complexity index is 570. The zero-order valence-corrected chi connectivity index (χ0v) is 13.2. The van der Waals surface area contributed by atoms with Gasteiger partial charge < -0.3 is 10.0 Å². The number of benzene rings is 1. The molecule has 1 aromatic carbocycles. The monoisotopic (exact) mass is 340 g/mol. The second-order valence-corrected chi connectivity index (χ2v) is 6.26. The molecule has 1 saturated heterocycles. The van der Waals surface area contributed by atoms with Gasteiger partial charge in [-0.3, -0.25) is 14.9 Å². The van der Waals surface area contributed by atoms with E-state index < -0.39 is 11.6 Å². The van der Waals surface area contributed by atoms with Gasteiger partial charge in [-0.05, 0) is 54.4 Å². The van der Waals surface area contributed by atoms with Crippen LogP contribution in [0.2, 0.25) is 0 Å². The molecule has 1 aromatic rings. The van der Waals surface area contributed by atoms with E-state index in [0.29, 0.717) is 0 Å². The lowest BCUT2D eigenvalue weighted by atomic mass is 9.97. The number of imide groups is 1. The van der Waals surface area contributed by atoms with Gasteiger partial charge in [0.05, 0.1) is 18.3 Å². The normalized spacial score (nSPS) is 19.8. The number of hydrogen-bond donors (Lipinski definition) is 2. The SMILES string of the molecule is C[C@H](O)c1ccc(N2CC(=O)NC(=O)C2(C)C)c(Br)c1. The van der Waals surface area contributed by atoms with E-state index in [1.807, 2.05) is 0 Å². The van der Waals surface area contributed by atoms with Gasteiger partial charge in [-0.15, -0.1) is 0 Å². The molecular weight excluding hydrogens is 324 g/mol. The maximum Gasteiger partial charge on any atom is 0.251 e. The van der Waals surface area contributed by atoms with Crippen molar-refractivity contribution in [3.8, 4) is 0 Å². The Hall–Kier alpha value is -1.40. The molecule has 2 rings (SSSR count). The predicted octanol–water partition coefficient (Wildman–Crippen LogP) is 1.74. The first kappa shape index (κ1) is 15.0. The number of aliphatic hydroxyl groups is 1. The second kappa shape index (κ2) is 5.18. The molecule has 2 N–H and O–H groups in total. The number of nitrogens with one attached hydrogen (secondary N) is 1. The van der Waals surface area contributed by atoms with Crippen molar-refractivity contribution >= 4 is 33.4 Å². The Labute approximate surface area is 126 Å². The minimum absolute atomic E-state index is 0.116. The third-order valence-corrected chi connectivity index (χ3v) is 4.17. The Balaban J connectivity index is 2.44. The van der Waals surface area contributed by atoms with E-state index in [0.717, 1.165) is 15.7 Å². The van der Waals surface area contributed by atoms with Crippen molar-refractivity contribution in [1.82, 2.24) is 5.32 Å². The van der Waals surface area contributed by atoms with Crippen LogP contribution in [0.15, 0.2) is 22.7 Å². The molecule has 0 aromatic heterocycles. The predicted molar refractivity (Wildman–Crippen MR) is 79.4 cm³/mol. The minimum atomic E-state index is -0.817. The fraction of sp³-hybridized carbons (Fsp3) is 0.429. The molecule has 0 aliphatic carbocycles. The number of rotatable bonds is 2. The van der Waals surface area contributed by atoms with Gasteiger partial charge in [-0.25, -0.2) is 0 Å². The van der Waals surface area contributed by atoms with Crippen molar-refractivity contribution in [3.05, 3.63) is 28.2 Å². The Morgan fingerprint density at radius 1 is 1.40 bits per heavy atom. The maximum absolute atomic E-state index is 12.0.